The summed E-state index contributed by atoms with van der Waals surface area (Å²) in [5.41, 5.74) is 3.80. The second-order valence-corrected chi connectivity index (χ2v) is 4.33. The fraction of sp³-hybridized carbons (Fsp3) is 0.0667. The van der Waals surface area contributed by atoms with Gasteiger partial charge in [0.1, 0.15) is 0 Å². The van der Waals surface area contributed by atoms with Crippen LogP contribution in [0.15, 0.2) is 42.5 Å². The van der Waals surface area contributed by atoms with E-state index in [0.29, 0.717) is 16.7 Å². The van der Waals surface area contributed by atoms with E-state index in [0.717, 1.165) is 11.1 Å². The van der Waals surface area contributed by atoms with Gasteiger partial charge in [0.05, 0.1) is 6.42 Å². The van der Waals surface area contributed by atoms with Gasteiger partial charge < -0.3 is 5.11 Å². The first kappa shape index (κ1) is 10.7. The summed E-state index contributed by atoms with van der Waals surface area (Å²) in [7, 11) is 0. The van der Waals surface area contributed by atoms with Crippen LogP contribution in [0.5, 0.6) is 0 Å². The quantitative estimate of drug-likeness (QED) is 0.746. The first-order valence-corrected chi connectivity index (χ1v) is 5.65. The highest BCUT2D eigenvalue weighted by molar-refractivity contribution is 6.21. The molecule has 88 valence electrons. The molecule has 3 nitrogen and oxygen atoms in total. The fourth-order valence-corrected chi connectivity index (χ4v) is 2.36. The molecular formula is C15H10O3. The maximum atomic E-state index is 12.1. The standard InChI is InChI=1S/C15H10O3/c16-14(17)8-9-5-6-12-13(7-9)10-3-1-2-4-11(10)15(12)18/h1-7H,8H2,(H,16,17). The highest BCUT2D eigenvalue weighted by Crippen LogP contribution is 2.36. The summed E-state index contributed by atoms with van der Waals surface area (Å²) in [5.74, 6) is -0.852. The molecule has 0 bridgehead atoms. The second-order valence-electron chi connectivity index (χ2n) is 4.33. The maximum absolute atomic E-state index is 12.1. The molecule has 0 unspecified atom stereocenters. The molecule has 1 aliphatic carbocycles. The largest absolute Gasteiger partial charge is 0.481 e. The monoisotopic (exact) mass is 238 g/mol. The van der Waals surface area contributed by atoms with Crippen molar-refractivity contribution in [1.29, 1.82) is 0 Å². The van der Waals surface area contributed by atoms with Crippen molar-refractivity contribution < 1.29 is 14.7 Å². The average molecular weight is 238 g/mol. The van der Waals surface area contributed by atoms with E-state index in [1.54, 1.807) is 24.3 Å². The van der Waals surface area contributed by atoms with E-state index < -0.39 is 5.97 Å². The van der Waals surface area contributed by atoms with Gasteiger partial charge in [-0.3, -0.25) is 9.59 Å². The van der Waals surface area contributed by atoms with Crippen LogP contribution < -0.4 is 0 Å². The maximum Gasteiger partial charge on any atom is 0.307 e. The fourth-order valence-electron chi connectivity index (χ4n) is 2.36. The summed E-state index contributed by atoms with van der Waals surface area (Å²) >= 11 is 0. The lowest BCUT2D eigenvalue weighted by molar-refractivity contribution is -0.136. The average Bonchev–Trinajstić information content (AvgIpc) is 2.63. The Hall–Kier alpha value is -2.42. The molecule has 1 aliphatic rings. The Morgan fingerprint density at radius 1 is 0.944 bits per heavy atom. The van der Waals surface area contributed by atoms with Gasteiger partial charge in [-0.2, -0.15) is 0 Å². The number of ketones is 1. The Morgan fingerprint density at radius 2 is 1.61 bits per heavy atom. The number of benzene rings is 2. The Balaban J connectivity index is 2.17. The number of hydrogen-bond acceptors (Lipinski definition) is 2. The molecule has 2 aromatic carbocycles. The van der Waals surface area contributed by atoms with E-state index in [4.69, 9.17) is 5.11 Å². The lowest BCUT2D eigenvalue weighted by Crippen LogP contribution is -2.01. The summed E-state index contributed by atoms with van der Waals surface area (Å²) in [5, 5.41) is 8.80. The molecule has 3 heteroatoms. The number of carboxylic acid groups (broad SMARTS) is 1. The predicted molar refractivity (Wildman–Crippen MR) is 66.7 cm³/mol. The summed E-state index contributed by atoms with van der Waals surface area (Å²) in [4.78, 5) is 22.8. The Morgan fingerprint density at radius 3 is 2.33 bits per heavy atom. The minimum atomic E-state index is -0.868. The third-order valence-corrected chi connectivity index (χ3v) is 3.15. The van der Waals surface area contributed by atoms with E-state index in [1.165, 1.54) is 0 Å². The van der Waals surface area contributed by atoms with Gasteiger partial charge in [0.25, 0.3) is 0 Å². The number of fused-ring (bicyclic) bond motifs is 3. The second kappa shape index (κ2) is 3.81. The van der Waals surface area contributed by atoms with Crippen LogP contribution in [0.2, 0.25) is 0 Å². The van der Waals surface area contributed by atoms with Gasteiger partial charge in [0.2, 0.25) is 0 Å². The van der Waals surface area contributed by atoms with Crippen LogP contribution in [0.1, 0.15) is 21.5 Å². The Bertz CT molecular complexity index is 671. The topological polar surface area (TPSA) is 54.4 Å². The first-order chi connectivity index (χ1) is 8.66. The summed E-state index contributed by atoms with van der Waals surface area (Å²) in [6.07, 6.45) is -0.0242. The van der Waals surface area contributed by atoms with Crippen LogP contribution in [-0.2, 0) is 11.2 Å². The van der Waals surface area contributed by atoms with E-state index in [-0.39, 0.29) is 12.2 Å². The molecule has 0 spiro atoms. The van der Waals surface area contributed by atoms with Gasteiger partial charge in [0.15, 0.2) is 5.78 Å². The molecule has 0 fully saturated rings. The number of rotatable bonds is 2. The zero-order chi connectivity index (χ0) is 12.7. The van der Waals surface area contributed by atoms with Crippen molar-refractivity contribution in [2.24, 2.45) is 0 Å². The summed E-state index contributed by atoms with van der Waals surface area (Å²) < 4.78 is 0. The van der Waals surface area contributed by atoms with Crippen molar-refractivity contribution in [2.75, 3.05) is 0 Å². The van der Waals surface area contributed by atoms with Crippen LogP contribution in [-0.4, -0.2) is 16.9 Å². The molecule has 0 atom stereocenters. The van der Waals surface area contributed by atoms with Gasteiger partial charge in [-0.1, -0.05) is 36.4 Å². The van der Waals surface area contributed by atoms with Crippen LogP contribution in [0.4, 0.5) is 0 Å². The molecule has 0 amide bonds. The SMILES string of the molecule is O=C(O)Cc1ccc2c(c1)-c1ccccc1C2=O. The predicted octanol–water partition coefficient (Wildman–Crippen LogP) is 2.53. The molecule has 0 aromatic heterocycles. The normalized spacial score (nSPS) is 12.1. The molecule has 1 N–H and O–H groups in total. The van der Waals surface area contributed by atoms with E-state index in [1.807, 2.05) is 18.2 Å². The molecule has 0 aliphatic heterocycles. The van der Waals surface area contributed by atoms with E-state index >= 15 is 0 Å². The zero-order valence-electron chi connectivity index (χ0n) is 9.51. The lowest BCUT2D eigenvalue weighted by Gasteiger charge is -2.02. The Kier molecular flexibility index (Phi) is 2.27. The van der Waals surface area contributed by atoms with Crippen molar-refractivity contribution in [1.82, 2.24) is 0 Å². The number of carbonyl (C=O) groups is 2. The molecule has 2 aromatic rings. The van der Waals surface area contributed by atoms with Crippen molar-refractivity contribution in [3.63, 3.8) is 0 Å². The zero-order valence-corrected chi connectivity index (χ0v) is 9.51. The molecular weight excluding hydrogens is 228 g/mol. The van der Waals surface area contributed by atoms with Gasteiger partial charge >= 0.3 is 5.97 Å². The minimum Gasteiger partial charge on any atom is -0.481 e. The number of carboxylic acids is 1. The third-order valence-electron chi connectivity index (χ3n) is 3.15. The Labute approximate surface area is 104 Å². The number of aliphatic carboxylic acids is 1. The van der Waals surface area contributed by atoms with E-state index in [9.17, 15) is 9.59 Å². The van der Waals surface area contributed by atoms with Crippen molar-refractivity contribution >= 4 is 11.8 Å². The van der Waals surface area contributed by atoms with Gasteiger partial charge in [-0.05, 0) is 22.8 Å². The highest BCUT2D eigenvalue weighted by Gasteiger charge is 2.26. The van der Waals surface area contributed by atoms with Crippen LogP contribution >= 0.6 is 0 Å². The lowest BCUT2D eigenvalue weighted by atomic mass is 10.0. The number of hydrogen-bond donors (Lipinski definition) is 1. The van der Waals surface area contributed by atoms with Gasteiger partial charge in [-0.25, -0.2) is 0 Å². The molecule has 0 saturated carbocycles. The van der Waals surface area contributed by atoms with Crippen molar-refractivity contribution in [2.45, 2.75) is 6.42 Å². The van der Waals surface area contributed by atoms with E-state index in [2.05, 4.69) is 0 Å². The van der Waals surface area contributed by atoms with Crippen LogP contribution in [0, 0.1) is 0 Å². The smallest absolute Gasteiger partial charge is 0.307 e. The number of carbonyl (C=O) groups excluding carboxylic acids is 1. The van der Waals surface area contributed by atoms with Crippen LogP contribution in [0.25, 0.3) is 11.1 Å². The van der Waals surface area contributed by atoms with Gasteiger partial charge in [0, 0.05) is 11.1 Å². The highest BCUT2D eigenvalue weighted by atomic mass is 16.4. The molecule has 0 radical (unpaired) electrons. The molecule has 3 rings (SSSR count). The van der Waals surface area contributed by atoms with Crippen molar-refractivity contribution in [3.05, 3.63) is 59.2 Å². The first-order valence-electron chi connectivity index (χ1n) is 5.65. The van der Waals surface area contributed by atoms with Crippen molar-refractivity contribution in [3.8, 4) is 11.1 Å². The minimum absolute atomic E-state index is 0.0162. The summed E-state index contributed by atoms with van der Waals surface area (Å²) in [6, 6.07) is 12.6. The third kappa shape index (κ3) is 1.52. The molecule has 18 heavy (non-hydrogen) atoms. The molecule has 0 heterocycles. The molecule has 0 saturated heterocycles. The summed E-state index contributed by atoms with van der Waals surface area (Å²) in [6.45, 7) is 0. The van der Waals surface area contributed by atoms with Crippen LogP contribution in [0.3, 0.4) is 0 Å². The van der Waals surface area contributed by atoms with Gasteiger partial charge in [-0.15, -0.1) is 0 Å².